The van der Waals surface area contributed by atoms with Gasteiger partial charge in [-0.25, -0.2) is 0 Å². The molecule has 1 saturated carbocycles. The van der Waals surface area contributed by atoms with Crippen LogP contribution >= 0.6 is 0 Å². The van der Waals surface area contributed by atoms with Crippen LogP contribution in [0.4, 0.5) is 0 Å². The molecule has 4 heteroatoms. The van der Waals surface area contributed by atoms with E-state index in [9.17, 15) is 0 Å². The van der Waals surface area contributed by atoms with Crippen molar-refractivity contribution in [1.82, 2.24) is 14.7 Å². The largest absolute Gasteiger partial charge is 0.329 e. The standard InChI is InChI=1S/C13H24N4/c1-3-17(9-11-5-4-6-11)13(7-14)12-8-15-16(2)10-12/h8,10-11,13H,3-7,9,14H2,1-2H3. The molecule has 0 radical (unpaired) electrons. The van der Waals surface area contributed by atoms with Gasteiger partial charge in [0.25, 0.3) is 0 Å². The minimum Gasteiger partial charge on any atom is -0.329 e. The molecule has 96 valence electrons. The summed E-state index contributed by atoms with van der Waals surface area (Å²) in [6, 6.07) is 0.328. The van der Waals surface area contributed by atoms with Gasteiger partial charge in [0, 0.05) is 31.9 Å². The SMILES string of the molecule is CCN(CC1CCC1)C(CN)c1cnn(C)c1. The number of likely N-dealkylation sites (N-methyl/N-ethyl adjacent to an activating group) is 1. The molecule has 1 aliphatic carbocycles. The summed E-state index contributed by atoms with van der Waals surface area (Å²) >= 11 is 0. The van der Waals surface area contributed by atoms with Crippen molar-refractivity contribution in [3.63, 3.8) is 0 Å². The lowest BCUT2D eigenvalue weighted by Crippen LogP contribution is -2.38. The quantitative estimate of drug-likeness (QED) is 0.815. The van der Waals surface area contributed by atoms with E-state index >= 15 is 0 Å². The van der Waals surface area contributed by atoms with E-state index in [0.29, 0.717) is 12.6 Å². The zero-order valence-electron chi connectivity index (χ0n) is 11.0. The van der Waals surface area contributed by atoms with Crippen LogP contribution in [0, 0.1) is 5.92 Å². The average Bonchev–Trinajstić information content (AvgIpc) is 2.68. The molecule has 1 aromatic heterocycles. The molecule has 0 aliphatic heterocycles. The van der Waals surface area contributed by atoms with Crippen molar-refractivity contribution < 1.29 is 0 Å². The van der Waals surface area contributed by atoms with Gasteiger partial charge in [0.05, 0.1) is 12.2 Å². The fraction of sp³-hybridized carbons (Fsp3) is 0.769. The minimum absolute atomic E-state index is 0.328. The van der Waals surface area contributed by atoms with Crippen LogP contribution in [0.2, 0.25) is 0 Å². The predicted octanol–water partition coefficient (Wildman–Crippen LogP) is 1.54. The van der Waals surface area contributed by atoms with Crippen molar-refractivity contribution in [1.29, 1.82) is 0 Å². The van der Waals surface area contributed by atoms with Crippen LogP contribution in [0.1, 0.15) is 37.8 Å². The Morgan fingerprint density at radius 1 is 1.59 bits per heavy atom. The summed E-state index contributed by atoms with van der Waals surface area (Å²) in [5, 5.41) is 4.25. The summed E-state index contributed by atoms with van der Waals surface area (Å²) in [4.78, 5) is 2.50. The number of hydrogen-bond donors (Lipinski definition) is 1. The van der Waals surface area contributed by atoms with E-state index < -0.39 is 0 Å². The lowest BCUT2D eigenvalue weighted by molar-refractivity contribution is 0.141. The molecule has 17 heavy (non-hydrogen) atoms. The molecule has 1 atom stereocenters. The van der Waals surface area contributed by atoms with E-state index in [1.807, 2.05) is 17.9 Å². The van der Waals surface area contributed by atoms with Gasteiger partial charge in [0.15, 0.2) is 0 Å². The van der Waals surface area contributed by atoms with Gasteiger partial charge in [0.2, 0.25) is 0 Å². The molecule has 1 aliphatic rings. The van der Waals surface area contributed by atoms with Gasteiger partial charge in [-0.2, -0.15) is 5.10 Å². The summed E-state index contributed by atoms with van der Waals surface area (Å²) in [5.74, 6) is 0.890. The summed E-state index contributed by atoms with van der Waals surface area (Å²) in [5.41, 5.74) is 7.19. The lowest BCUT2D eigenvalue weighted by Gasteiger charge is -2.36. The van der Waals surface area contributed by atoms with Crippen molar-refractivity contribution in [2.45, 2.75) is 32.2 Å². The topological polar surface area (TPSA) is 47.1 Å². The number of nitrogens with two attached hydrogens (primary N) is 1. The molecular weight excluding hydrogens is 212 g/mol. The second kappa shape index (κ2) is 5.65. The van der Waals surface area contributed by atoms with Crippen LogP contribution in [-0.4, -0.2) is 34.3 Å². The monoisotopic (exact) mass is 236 g/mol. The van der Waals surface area contributed by atoms with E-state index in [4.69, 9.17) is 5.73 Å². The molecule has 0 bridgehead atoms. The summed E-state index contributed by atoms with van der Waals surface area (Å²) in [7, 11) is 1.96. The molecule has 4 nitrogen and oxygen atoms in total. The van der Waals surface area contributed by atoms with Gasteiger partial charge in [-0.3, -0.25) is 9.58 Å². The van der Waals surface area contributed by atoms with Crippen LogP contribution in [-0.2, 0) is 7.05 Å². The van der Waals surface area contributed by atoms with Crippen LogP contribution in [0.3, 0.4) is 0 Å². The molecule has 0 aromatic carbocycles. The van der Waals surface area contributed by atoms with Crippen LogP contribution in [0.25, 0.3) is 0 Å². The van der Waals surface area contributed by atoms with Gasteiger partial charge in [-0.05, 0) is 25.3 Å². The van der Waals surface area contributed by atoms with Gasteiger partial charge in [-0.1, -0.05) is 13.3 Å². The Bertz CT molecular complexity index is 343. The third-order valence-corrected chi connectivity index (χ3v) is 3.90. The number of nitrogens with zero attached hydrogens (tertiary/aromatic N) is 3. The highest BCUT2D eigenvalue weighted by Gasteiger charge is 2.25. The highest BCUT2D eigenvalue weighted by atomic mass is 15.3. The van der Waals surface area contributed by atoms with Crippen molar-refractivity contribution >= 4 is 0 Å². The summed E-state index contributed by atoms with van der Waals surface area (Å²) in [6.07, 6.45) is 8.21. The molecule has 1 unspecified atom stereocenters. The Balaban J connectivity index is 2.03. The number of rotatable bonds is 6. The summed E-state index contributed by atoms with van der Waals surface area (Å²) < 4.78 is 1.86. The van der Waals surface area contributed by atoms with Crippen molar-refractivity contribution in [2.75, 3.05) is 19.6 Å². The maximum absolute atomic E-state index is 5.95. The Hall–Kier alpha value is -0.870. The Kier molecular flexibility index (Phi) is 4.18. The second-order valence-corrected chi connectivity index (χ2v) is 5.08. The van der Waals surface area contributed by atoms with E-state index in [-0.39, 0.29) is 0 Å². The number of aromatic nitrogens is 2. The van der Waals surface area contributed by atoms with E-state index in [0.717, 1.165) is 12.5 Å². The molecule has 2 N–H and O–H groups in total. The first-order valence-corrected chi connectivity index (χ1v) is 6.67. The molecule has 1 heterocycles. The normalized spacial score (nSPS) is 18.4. The van der Waals surface area contributed by atoms with Crippen molar-refractivity contribution in [3.05, 3.63) is 18.0 Å². The van der Waals surface area contributed by atoms with Crippen molar-refractivity contribution in [3.8, 4) is 0 Å². The highest BCUT2D eigenvalue weighted by Crippen LogP contribution is 2.30. The maximum atomic E-state index is 5.95. The number of aryl methyl sites for hydroxylation is 1. The van der Waals surface area contributed by atoms with E-state index in [2.05, 4.69) is 23.1 Å². The first-order valence-electron chi connectivity index (χ1n) is 6.67. The number of hydrogen-bond acceptors (Lipinski definition) is 3. The lowest BCUT2D eigenvalue weighted by atomic mass is 9.84. The fourth-order valence-corrected chi connectivity index (χ4v) is 2.59. The van der Waals surface area contributed by atoms with Gasteiger partial charge in [0.1, 0.15) is 0 Å². The first kappa shape index (κ1) is 12.6. The maximum Gasteiger partial charge on any atom is 0.0538 e. The second-order valence-electron chi connectivity index (χ2n) is 5.08. The van der Waals surface area contributed by atoms with E-state index in [1.54, 1.807) is 0 Å². The molecule has 0 spiro atoms. The zero-order valence-corrected chi connectivity index (χ0v) is 11.0. The Labute approximate surface area is 104 Å². The Morgan fingerprint density at radius 2 is 2.35 bits per heavy atom. The molecule has 0 amide bonds. The summed E-state index contributed by atoms with van der Waals surface area (Å²) in [6.45, 7) is 5.14. The van der Waals surface area contributed by atoms with Gasteiger partial charge < -0.3 is 5.73 Å². The third-order valence-electron chi connectivity index (χ3n) is 3.90. The van der Waals surface area contributed by atoms with Crippen LogP contribution in [0.15, 0.2) is 12.4 Å². The predicted molar refractivity (Wildman–Crippen MR) is 69.6 cm³/mol. The first-order chi connectivity index (χ1) is 8.24. The van der Waals surface area contributed by atoms with Crippen LogP contribution in [0.5, 0.6) is 0 Å². The molecular formula is C13H24N4. The van der Waals surface area contributed by atoms with Crippen molar-refractivity contribution in [2.24, 2.45) is 18.7 Å². The third kappa shape index (κ3) is 2.87. The molecule has 2 rings (SSSR count). The fourth-order valence-electron chi connectivity index (χ4n) is 2.59. The molecule has 1 aromatic rings. The molecule has 1 fully saturated rings. The minimum atomic E-state index is 0.328. The smallest absolute Gasteiger partial charge is 0.0538 e. The van der Waals surface area contributed by atoms with E-state index in [1.165, 1.54) is 31.4 Å². The molecule has 0 saturated heterocycles. The average molecular weight is 236 g/mol. The zero-order chi connectivity index (χ0) is 12.3. The Morgan fingerprint density at radius 3 is 2.76 bits per heavy atom. The highest BCUT2D eigenvalue weighted by molar-refractivity contribution is 5.11. The van der Waals surface area contributed by atoms with Gasteiger partial charge >= 0.3 is 0 Å². The van der Waals surface area contributed by atoms with Crippen LogP contribution < -0.4 is 5.73 Å². The van der Waals surface area contributed by atoms with Gasteiger partial charge in [-0.15, -0.1) is 0 Å².